The number of para-hydroxylation sites is 1. The Bertz CT molecular complexity index is 1110. The predicted octanol–water partition coefficient (Wildman–Crippen LogP) is 6.07. The Hall–Kier alpha value is -3.18. The van der Waals surface area contributed by atoms with Crippen LogP contribution < -0.4 is 9.75 Å². The van der Waals surface area contributed by atoms with Crippen molar-refractivity contribution in [1.82, 2.24) is 0 Å². The van der Waals surface area contributed by atoms with E-state index in [-0.39, 0.29) is 5.91 Å². The molecule has 0 aromatic heterocycles. The molecule has 0 fully saturated rings. The van der Waals surface area contributed by atoms with E-state index in [1.165, 1.54) is 5.01 Å². The van der Waals surface area contributed by atoms with Gasteiger partial charge in [-0.2, -0.15) is 10.1 Å². The summed E-state index contributed by atoms with van der Waals surface area (Å²) in [5.74, 6) is 0.641. The third kappa shape index (κ3) is 4.21. The third-order valence-electron chi connectivity index (χ3n) is 4.65. The molecule has 0 spiro atoms. The molecular weight excluding hydrogens is 440 g/mol. The van der Waals surface area contributed by atoms with Crippen LogP contribution in [0.1, 0.15) is 24.5 Å². The fourth-order valence-electron chi connectivity index (χ4n) is 3.20. The summed E-state index contributed by atoms with van der Waals surface area (Å²) in [5, 5.41) is 6.12. The van der Waals surface area contributed by atoms with Crippen molar-refractivity contribution in [2.24, 2.45) is 5.10 Å². The van der Waals surface area contributed by atoms with Crippen LogP contribution in [0.25, 0.3) is 6.08 Å². The number of carbonyl (C=O) groups is 1. The predicted molar refractivity (Wildman–Crippen MR) is 125 cm³/mol. The summed E-state index contributed by atoms with van der Waals surface area (Å²) in [6.07, 6.45) is 2.82. The van der Waals surface area contributed by atoms with E-state index in [1.54, 1.807) is 0 Å². The number of benzene rings is 3. The van der Waals surface area contributed by atoms with Gasteiger partial charge in [0.15, 0.2) is 0 Å². The first-order chi connectivity index (χ1) is 14.7. The number of ether oxygens (including phenoxy) is 1. The Balaban J connectivity index is 1.74. The highest BCUT2D eigenvalue weighted by molar-refractivity contribution is 9.10. The first-order valence-electron chi connectivity index (χ1n) is 9.85. The Morgan fingerprint density at radius 2 is 1.70 bits per heavy atom. The largest absolute Gasteiger partial charge is 0.492 e. The van der Waals surface area contributed by atoms with Crippen molar-refractivity contribution in [3.8, 4) is 5.75 Å². The number of anilines is 1. The summed E-state index contributed by atoms with van der Waals surface area (Å²) in [6.45, 7) is 2.73. The second kappa shape index (κ2) is 9.09. The SMILES string of the molecule is CCCOc1ccc(/C=C2\C(=O)N(c3ccccc3)N=C2c2ccccc2)cc1Br. The van der Waals surface area contributed by atoms with Gasteiger partial charge in [-0.1, -0.05) is 61.5 Å². The molecule has 5 heteroatoms. The zero-order chi connectivity index (χ0) is 20.9. The highest BCUT2D eigenvalue weighted by atomic mass is 79.9. The van der Waals surface area contributed by atoms with E-state index in [9.17, 15) is 4.79 Å². The Kier molecular flexibility index (Phi) is 6.10. The number of hydrogen-bond donors (Lipinski definition) is 0. The molecule has 0 bridgehead atoms. The zero-order valence-corrected chi connectivity index (χ0v) is 18.2. The topological polar surface area (TPSA) is 41.9 Å². The molecule has 0 unspecified atom stereocenters. The van der Waals surface area contributed by atoms with Gasteiger partial charge in [0.05, 0.1) is 22.3 Å². The smallest absolute Gasteiger partial charge is 0.281 e. The van der Waals surface area contributed by atoms with E-state index in [0.29, 0.717) is 17.9 Å². The maximum Gasteiger partial charge on any atom is 0.281 e. The fourth-order valence-corrected chi connectivity index (χ4v) is 3.71. The average molecular weight is 461 g/mol. The summed E-state index contributed by atoms with van der Waals surface area (Å²) in [6, 6.07) is 25.1. The molecule has 0 saturated heterocycles. The number of amides is 1. The minimum absolute atomic E-state index is 0.150. The molecular formula is C25H21BrN2O2. The van der Waals surface area contributed by atoms with Gasteiger partial charge in [0.25, 0.3) is 5.91 Å². The fraction of sp³-hybridized carbons (Fsp3) is 0.120. The highest BCUT2D eigenvalue weighted by Gasteiger charge is 2.31. The van der Waals surface area contributed by atoms with E-state index in [0.717, 1.165) is 33.5 Å². The van der Waals surface area contributed by atoms with E-state index in [1.807, 2.05) is 84.9 Å². The van der Waals surface area contributed by atoms with Crippen molar-refractivity contribution in [2.45, 2.75) is 13.3 Å². The molecule has 0 radical (unpaired) electrons. The molecule has 3 aromatic carbocycles. The van der Waals surface area contributed by atoms with Gasteiger partial charge < -0.3 is 4.74 Å². The molecule has 1 amide bonds. The van der Waals surface area contributed by atoms with Crippen LogP contribution in [0.2, 0.25) is 0 Å². The van der Waals surface area contributed by atoms with Gasteiger partial charge in [-0.15, -0.1) is 0 Å². The maximum absolute atomic E-state index is 13.3. The number of nitrogens with zero attached hydrogens (tertiary/aromatic N) is 2. The molecule has 4 nitrogen and oxygen atoms in total. The van der Waals surface area contributed by atoms with Crippen molar-refractivity contribution >= 4 is 39.3 Å². The van der Waals surface area contributed by atoms with Gasteiger partial charge in [0.2, 0.25) is 0 Å². The van der Waals surface area contributed by atoms with Crippen LogP contribution in [0.3, 0.4) is 0 Å². The van der Waals surface area contributed by atoms with Crippen molar-refractivity contribution in [3.05, 3.63) is 100 Å². The molecule has 4 rings (SSSR count). The lowest BCUT2D eigenvalue weighted by Crippen LogP contribution is -2.21. The molecule has 0 saturated carbocycles. The van der Waals surface area contributed by atoms with Crippen LogP contribution in [-0.4, -0.2) is 18.2 Å². The molecule has 1 heterocycles. The van der Waals surface area contributed by atoms with Gasteiger partial charge in [0.1, 0.15) is 11.5 Å². The number of halogens is 1. The summed E-state index contributed by atoms with van der Waals surface area (Å²) in [4.78, 5) is 13.3. The van der Waals surface area contributed by atoms with E-state index >= 15 is 0 Å². The Morgan fingerprint density at radius 3 is 2.37 bits per heavy atom. The van der Waals surface area contributed by atoms with Gasteiger partial charge >= 0.3 is 0 Å². The lowest BCUT2D eigenvalue weighted by Gasteiger charge is -2.11. The van der Waals surface area contributed by atoms with Crippen molar-refractivity contribution in [1.29, 1.82) is 0 Å². The number of hydrazone groups is 1. The second-order valence-electron chi connectivity index (χ2n) is 6.86. The Labute approximate surface area is 184 Å². The Morgan fingerprint density at radius 1 is 1.00 bits per heavy atom. The van der Waals surface area contributed by atoms with Crippen LogP contribution in [0.15, 0.2) is 94.0 Å². The lowest BCUT2D eigenvalue weighted by atomic mass is 10.0. The number of carbonyl (C=O) groups excluding carboxylic acids is 1. The second-order valence-corrected chi connectivity index (χ2v) is 7.72. The van der Waals surface area contributed by atoms with E-state index < -0.39 is 0 Å². The molecule has 1 aliphatic heterocycles. The van der Waals surface area contributed by atoms with E-state index in [4.69, 9.17) is 4.74 Å². The van der Waals surface area contributed by atoms with Crippen LogP contribution >= 0.6 is 15.9 Å². The number of rotatable bonds is 6. The van der Waals surface area contributed by atoms with Gasteiger partial charge in [-0.25, -0.2) is 0 Å². The van der Waals surface area contributed by atoms with Crippen LogP contribution in [0, 0.1) is 0 Å². The maximum atomic E-state index is 13.3. The van der Waals surface area contributed by atoms with Gasteiger partial charge in [-0.05, 0) is 58.3 Å². The van der Waals surface area contributed by atoms with E-state index in [2.05, 4.69) is 28.0 Å². The van der Waals surface area contributed by atoms with Crippen molar-refractivity contribution in [2.75, 3.05) is 11.6 Å². The van der Waals surface area contributed by atoms with Gasteiger partial charge in [0, 0.05) is 5.56 Å². The van der Waals surface area contributed by atoms with Crippen LogP contribution in [0.4, 0.5) is 5.69 Å². The molecule has 0 aliphatic carbocycles. The summed E-state index contributed by atoms with van der Waals surface area (Å²) in [5.41, 5.74) is 3.75. The molecule has 30 heavy (non-hydrogen) atoms. The zero-order valence-electron chi connectivity index (χ0n) is 16.6. The lowest BCUT2D eigenvalue weighted by molar-refractivity contribution is -0.114. The average Bonchev–Trinajstić information content (AvgIpc) is 3.10. The third-order valence-corrected chi connectivity index (χ3v) is 5.27. The summed E-state index contributed by atoms with van der Waals surface area (Å²) in [7, 11) is 0. The molecule has 150 valence electrons. The van der Waals surface area contributed by atoms with Crippen LogP contribution in [0.5, 0.6) is 5.75 Å². The number of hydrogen-bond acceptors (Lipinski definition) is 3. The summed E-state index contributed by atoms with van der Waals surface area (Å²) >= 11 is 3.57. The first kappa shape index (κ1) is 20.1. The summed E-state index contributed by atoms with van der Waals surface area (Å²) < 4.78 is 6.59. The first-order valence-corrected chi connectivity index (χ1v) is 10.6. The molecule has 0 N–H and O–H groups in total. The minimum Gasteiger partial charge on any atom is -0.492 e. The standard InChI is InChI=1S/C25H21BrN2O2/c1-2-15-30-23-14-13-18(17-22(23)26)16-21-24(19-9-5-3-6-10-19)27-28(25(21)29)20-11-7-4-8-12-20/h3-14,16-17H,2,15H2,1H3/b21-16-. The van der Waals surface area contributed by atoms with Crippen molar-refractivity contribution < 1.29 is 9.53 Å². The molecule has 3 aromatic rings. The van der Waals surface area contributed by atoms with Crippen LogP contribution in [-0.2, 0) is 4.79 Å². The highest BCUT2D eigenvalue weighted by Crippen LogP contribution is 2.30. The normalized spacial score (nSPS) is 14.9. The minimum atomic E-state index is -0.150. The quantitative estimate of drug-likeness (QED) is 0.418. The monoisotopic (exact) mass is 460 g/mol. The van der Waals surface area contributed by atoms with Gasteiger partial charge in [-0.3, -0.25) is 4.79 Å². The van der Waals surface area contributed by atoms with Crippen molar-refractivity contribution in [3.63, 3.8) is 0 Å². The molecule has 1 aliphatic rings. The molecule has 0 atom stereocenters.